The van der Waals surface area contributed by atoms with Crippen molar-refractivity contribution in [3.8, 4) is 23.2 Å². The number of amides is 1. The van der Waals surface area contributed by atoms with Crippen LogP contribution < -0.4 is 15.8 Å². The number of fused-ring (bicyclic) bond motifs is 4. The van der Waals surface area contributed by atoms with E-state index in [2.05, 4.69) is 15.5 Å². The molecule has 0 bridgehead atoms. The second-order valence-corrected chi connectivity index (χ2v) is 6.99. The quantitative estimate of drug-likeness (QED) is 0.594. The van der Waals surface area contributed by atoms with Gasteiger partial charge in [0.05, 0.1) is 11.3 Å². The predicted molar refractivity (Wildman–Crippen MR) is 102 cm³/mol. The van der Waals surface area contributed by atoms with E-state index in [9.17, 15) is 14.4 Å². The average molecular weight is 387 g/mol. The Balaban J connectivity index is 1.88. The molecule has 0 aliphatic carbocycles. The molecule has 1 spiro atoms. The second kappa shape index (κ2) is 5.69. The largest absolute Gasteiger partial charge is 0.420 e. The third-order valence-electron chi connectivity index (χ3n) is 5.36. The number of aromatic amines is 1. The number of hydrogen-bond acceptors (Lipinski definition) is 5. The van der Waals surface area contributed by atoms with Gasteiger partial charge in [0.25, 0.3) is 0 Å². The summed E-state index contributed by atoms with van der Waals surface area (Å²) in [6.07, 6.45) is 0. The third kappa shape index (κ3) is 2.09. The normalized spacial score (nSPS) is 19.4. The number of carbonyl (C=O) groups is 1. The van der Waals surface area contributed by atoms with Gasteiger partial charge in [-0.05, 0) is 19.1 Å². The first kappa shape index (κ1) is 17.0. The van der Waals surface area contributed by atoms with E-state index in [-0.39, 0.29) is 23.0 Å². The van der Waals surface area contributed by atoms with E-state index in [0.717, 1.165) is 11.1 Å². The van der Waals surface area contributed by atoms with E-state index in [4.69, 9.17) is 10.5 Å². The molecule has 1 amide bonds. The minimum absolute atomic E-state index is 0.0670. The molecule has 29 heavy (non-hydrogen) atoms. The monoisotopic (exact) mass is 387 g/mol. The molecule has 1 unspecified atom stereocenters. The molecule has 7 nitrogen and oxygen atoms in total. The van der Waals surface area contributed by atoms with Crippen LogP contribution in [0.2, 0.25) is 0 Å². The van der Waals surface area contributed by atoms with Gasteiger partial charge >= 0.3 is 0 Å². The van der Waals surface area contributed by atoms with E-state index in [1.54, 1.807) is 0 Å². The topological polar surface area (TPSA) is 117 Å². The molecule has 2 aliphatic rings. The SMILES string of the molecule is Cc1ccc(-c2[nH]nc3c2C2(C(=O)Nc4cc(F)ccc42)C(C#N)=C(N)O3)cc1. The van der Waals surface area contributed by atoms with Crippen LogP contribution in [0.15, 0.2) is 53.9 Å². The van der Waals surface area contributed by atoms with Crippen LogP contribution in [0.1, 0.15) is 16.7 Å². The van der Waals surface area contributed by atoms with Gasteiger partial charge in [0, 0.05) is 16.8 Å². The summed E-state index contributed by atoms with van der Waals surface area (Å²) < 4.78 is 19.4. The minimum Gasteiger partial charge on any atom is -0.420 e. The van der Waals surface area contributed by atoms with Gasteiger partial charge in [-0.15, -0.1) is 5.10 Å². The summed E-state index contributed by atoms with van der Waals surface area (Å²) in [4.78, 5) is 13.4. The van der Waals surface area contributed by atoms with E-state index < -0.39 is 17.1 Å². The first-order valence-electron chi connectivity index (χ1n) is 8.82. The molecule has 0 fully saturated rings. The molecule has 1 atom stereocenters. The lowest BCUT2D eigenvalue weighted by Gasteiger charge is -2.31. The van der Waals surface area contributed by atoms with Crippen LogP contribution in [0.3, 0.4) is 0 Å². The molecule has 3 aromatic rings. The minimum atomic E-state index is -1.59. The highest BCUT2D eigenvalue weighted by Gasteiger charge is 2.58. The number of hydrogen-bond donors (Lipinski definition) is 3. The van der Waals surface area contributed by atoms with Gasteiger partial charge in [0.1, 0.15) is 22.9 Å². The molecule has 0 radical (unpaired) electrons. The van der Waals surface area contributed by atoms with Crippen LogP contribution in [0.25, 0.3) is 11.3 Å². The fourth-order valence-electron chi connectivity index (χ4n) is 4.06. The van der Waals surface area contributed by atoms with Crippen LogP contribution in [0.5, 0.6) is 5.88 Å². The number of nitrogens with zero attached hydrogens (tertiary/aromatic N) is 2. The standard InChI is InChI=1S/C21H14FN5O2/c1-10-2-4-11(5-3-10)17-16-19(27-26-17)29-18(24)14(9-23)21(16)13-7-6-12(22)8-15(13)25-20(21)28/h2-8H,24H2,1H3,(H,25,28)(H,26,27). The van der Waals surface area contributed by atoms with Gasteiger partial charge in [0.2, 0.25) is 17.7 Å². The van der Waals surface area contributed by atoms with E-state index in [1.165, 1.54) is 18.2 Å². The number of aryl methyl sites for hydroxylation is 1. The number of carbonyl (C=O) groups excluding carboxylic acids is 1. The number of nitriles is 1. The summed E-state index contributed by atoms with van der Waals surface area (Å²) in [6, 6.07) is 13.6. The molecule has 0 saturated carbocycles. The summed E-state index contributed by atoms with van der Waals surface area (Å²) in [5, 5.41) is 19.7. The van der Waals surface area contributed by atoms with Crippen molar-refractivity contribution in [2.75, 3.05) is 5.32 Å². The Morgan fingerprint density at radius 3 is 2.72 bits per heavy atom. The van der Waals surface area contributed by atoms with E-state index in [0.29, 0.717) is 16.8 Å². The zero-order chi connectivity index (χ0) is 20.3. The number of aromatic nitrogens is 2. The Hall–Kier alpha value is -4.12. The van der Waals surface area contributed by atoms with Crippen molar-refractivity contribution in [2.45, 2.75) is 12.3 Å². The molecular weight excluding hydrogens is 373 g/mol. The highest BCUT2D eigenvalue weighted by Crippen LogP contribution is 2.55. The first-order chi connectivity index (χ1) is 14.0. The number of nitrogens with two attached hydrogens (primary N) is 1. The lowest BCUT2D eigenvalue weighted by Crippen LogP contribution is -2.42. The highest BCUT2D eigenvalue weighted by atomic mass is 19.1. The summed E-state index contributed by atoms with van der Waals surface area (Å²) >= 11 is 0. The Kier molecular flexibility index (Phi) is 3.34. The molecule has 142 valence electrons. The fourth-order valence-corrected chi connectivity index (χ4v) is 4.06. The van der Waals surface area contributed by atoms with Gasteiger partial charge in [-0.2, -0.15) is 5.26 Å². The summed E-state index contributed by atoms with van der Waals surface area (Å²) in [7, 11) is 0. The Morgan fingerprint density at radius 1 is 1.24 bits per heavy atom. The zero-order valence-electron chi connectivity index (χ0n) is 15.2. The number of rotatable bonds is 1. The van der Waals surface area contributed by atoms with E-state index >= 15 is 0 Å². The van der Waals surface area contributed by atoms with Crippen molar-refractivity contribution in [3.63, 3.8) is 0 Å². The summed E-state index contributed by atoms with van der Waals surface area (Å²) in [6.45, 7) is 1.96. The van der Waals surface area contributed by atoms with Gasteiger partial charge < -0.3 is 15.8 Å². The van der Waals surface area contributed by atoms with Crippen molar-refractivity contribution < 1.29 is 13.9 Å². The Morgan fingerprint density at radius 2 is 2.00 bits per heavy atom. The Labute approximate surface area is 164 Å². The van der Waals surface area contributed by atoms with E-state index in [1.807, 2.05) is 37.3 Å². The molecule has 2 aliphatic heterocycles. The number of nitrogens with one attached hydrogen (secondary N) is 2. The summed E-state index contributed by atoms with van der Waals surface area (Å²) in [5.74, 6) is -1.13. The predicted octanol–water partition coefficient (Wildman–Crippen LogP) is 2.85. The maximum absolute atomic E-state index is 13.8. The number of benzene rings is 2. The van der Waals surface area contributed by atoms with Gasteiger partial charge in [-0.1, -0.05) is 35.9 Å². The maximum atomic E-state index is 13.8. The molecule has 3 heterocycles. The maximum Gasteiger partial charge on any atom is 0.245 e. The van der Waals surface area contributed by atoms with Crippen LogP contribution in [0, 0.1) is 24.1 Å². The average Bonchev–Trinajstić information content (AvgIpc) is 3.22. The smallest absolute Gasteiger partial charge is 0.245 e. The zero-order valence-corrected chi connectivity index (χ0v) is 15.2. The third-order valence-corrected chi connectivity index (χ3v) is 5.36. The van der Waals surface area contributed by atoms with Crippen LogP contribution in [-0.4, -0.2) is 16.1 Å². The van der Waals surface area contributed by atoms with Gasteiger partial charge in [-0.3, -0.25) is 9.89 Å². The highest BCUT2D eigenvalue weighted by molar-refractivity contribution is 6.13. The van der Waals surface area contributed by atoms with Crippen molar-refractivity contribution >= 4 is 11.6 Å². The van der Waals surface area contributed by atoms with Crippen LogP contribution in [0.4, 0.5) is 10.1 Å². The number of anilines is 1. The lowest BCUT2D eigenvalue weighted by atomic mass is 9.68. The van der Waals surface area contributed by atoms with Crippen molar-refractivity contribution in [1.82, 2.24) is 10.2 Å². The second-order valence-electron chi connectivity index (χ2n) is 6.99. The lowest BCUT2D eigenvalue weighted by molar-refractivity contribution is -0.118. The fraction of sp³-hybridized carbons (Fsp3) is 0.0952. The molecule has 2 aromatic carbocycles. The Bertz CT molecular complexity index is 1270. The van der Waals surface area contributed by atoms with Crippen LogP contribution >= 0.6 is 0 Å². The molecule has 1 aromatic heterocycles. The number of H-pyrrole nitrogens is 1. The van der Waals surface area contributed by atoms with Crippen LogP contribution in [-0.2, 0) is 10.2 Å². The number of halogens is 1. The number of ether oxygens (including phenoxy) is 1. The van der Waals surface area contributed by atoms with Gasteiger partial charge in [0.15, 0.2) is 0 Å². The van der Waals surface area contributed by atoms with Gasteiger partial charge in [-0.25, -0.2) is 4.39 Å². The van der Waals surface area contributed by atoms with Crippen molar-refractivity contribution in [3.05, 3.63) is 76.4 Å². The molecule has 0 saturated heterocycles. The molecular formula is C21H14FN5O2. The molecule has 5 rings (SSSR count). The first-order valence-corrected chi connectivity index (χ1v) is 8.82. The van der Waals surface area contributed by atoms with Crippen molar-refractivity contribution in [2.24, 2.45) is 5.73 Å². The molecule has 4 N–H and O–H groups in total. The van der Waals surface area contributed by atoms with Crippen molar-refractivity contribution in [1.29, 1.82) is 5.26 Å². The summed E-state index contributed by atoms with van der Waals surface area (Å²) in [5.41, 5.74) is 7.75. The molecule has 8 heteroatoms.